The van der Waals surface area contributed by atoms with Crippen molar-refractivity contribution in [1.82, 2.24) is 0 Å². The van der Waals surface area contributed by atoms with Crippen LogP contribution in [-0.2, 0) is 6.42 Å². The number of benzene rings is 1. The fourth-order valence-electron chi connectivity index (χ4n) is 2.93. The maximum absolute atomic E-state index is 6.53. The van der Waals surface area contributed by atoms with Gasteiger partial charge in [-0.2, -0.15) is 23.5 Å². The van der Waals surface area contributed by atoms with Crippen molar-refractivity contribution in [3.8, 4) is 0 Å². The molecule has 1 heterocycles. The van der Waals surface area contributed by atoms with E-state index in [2.05, 4.69) is 70.3 Å². The average Bonchev–Trinajstić information content (AvgIpc) is 2.36. The summed E-state index contributed by atoms with van der Waals surface area (Å²) in [5.41, 5.74) is 12.1. The van der Waals surface area contributed by atoms with Crippen molar-refractivity contribution in [3.63, 3.8) is 0 Å². The smallest absolute Gasteiger partial charge is 0.0295 e. The highest BCUT2D eigenvalue weighted by molar-refractivity contribution is 8.07. The summed E-state index contributed by atoms with van der Waals surface area (Å²) in [6.45, 7) is 11.3. The molecular formula is C17H27NS2. The van der Waals surface area contributed by atoms with E-state index < -0.39 is 0 Å². The fourth-order valence-corrected chi connectivity index (χ4v) is 5.99. The number of rotatable bonds is 3. The van der Waals surface area contributed by atoms with Gasteiger partial charge in [-0.3, -0.25) is 0 Å². The number of thioether (sulfide) groups is 2. The molecule has 0 saturated carbocycles. The van der Waals surface area contributed by atoms with Crippen molar-refractivity contribution in [3.05, 3.63) is 34.4 Å². The van der Waals surface area contributed by atoms with Crippen LogP contribution in [0, 0.1) is 20.8 Å². The van der Waals surface area contributed by atoms with Crippen LogP contribution < -0.4 is 5.73 Å². The van der Waals surface area contributed by atoms with Crippen LogP contribution in [0.1, 0.15) is 36.1 Å². The molecule has 4 unspecified atom stereocenters. The topological polar surface area (TPSA) is 26.0 Å². The van der Waals surface area contributed by atoms with Crippen LogP contribution in [0.25, 0.3) is 0 Å². The molecule has 2 N–H and O–H groups in total. The second-order valence-corrected chi connectivity index (χ2v) is 9.19. The van der Waals surface area contributed by atoms with Crippen molar-refractivity contribution in [2.24, 2.45) is 5.73 Å². The molecule has 1 aliphatic rings. The largest absolute Gasteiger partial charge is 0.326 e. The molecule has 20 heavy (non-hydrogen) atoms. The summed E-state index contributed by atoms with van der Waals surface area (Å²) in [6.07, 6.45) is 1.01. The first-order valence-corrected chi connectivity index (χ1v) is 9.47. The van der Waals surface area contributed by atoms with Gasteiger partial charge >= 0.3 is 0 Å². The highest BCUT2D eigenvalue weighted by atomic mass is 32.2. The molecule has 2 rings (SSSR count). The Morgan fingerprint density at radius 2 is 1.75 bits per heavy atom. The molecule has 0 aliphatic carbocycles. The lowest BCUT2D eigenvalue weighted by molar-refractivity contribution is 0.653. The normalized spacial score (nSPS) is 28.4. The van der Waals surface area contributed by atoms with Crippen LogP contribution in [0.15, 0.2) is 12.1 Å². The molecule has 1 fully saturated rings. The van der Waals surface area contributed by atoms with Crippen LogP contribution in [0.4, 0.5) is 0 Å². The molecule has 1 saturated heterocycles. The van der Waals surface area contributed by atoms with Crippen molar-refractivity contribution in [2.45, 2.75) is 62.8 Å². The van der Waals surface area contributed by atoms with Crippen LogP contribution in [0.3, 0.4) is 0 Å². The van der Waals surface area contributed by atoms with Crippen LogP contribution in [-0.4, -0.2) is 27.5 Å². The van der Waals surface area contributed by atoms with E-state index in [-0.39, 0.29) is 6.04 Å². The molecule has 112 valence electrons. The second kappa shape index (κ2) is 6.76. The van der Waals surface area contributed by atoms with Gasteiger partial charge in [-0.05, 0) is 43.9 Å². The van der Waals surface area contributed by atoms with Crippen molar-refractivity contribution < 1.29 is 0 Å². The van der Waals surface area contributed by atoms with Gasteiger partial charge in [0.2, 0.25) is 0 Å². The van der Waals surface area contributed by atoms with E-state index in [1.807, 2.05) is 0 Å². The van der Waals surface area contributed by atoms with Crippen LogP contribution in [0.5, 0.6) is 0 Å². The Kier molecular flexibility index (Phi) is 5.49. The van der Waals surface area contributed by atoms with Gasteiger partial charge in [0.05, 0.1) is 0 Å². The molecule has 4 atom stereocenters. The van der Waals surface area contributed by atoms with Gasteiger partial charge in [-0.1, -0.05) is 31.5 Å². The molecule has 0 bridgehead atoms. The summed E-state index contributed by atoms with van der Waals surface area (Å²) in [6, 6.07) is 4.83. The molecule has 1 aromatic rings. The molecule has 1 nitrogen and oxygen atoms in total. The summed E-state index contributed by atoms with van der Waals surface area (Å²) in [5, 5.41) is 2.06. The quantitative estimate of drug-likeness (QED) is 0.910. The molecule has 0 spiro atoms. The van der Waals surface area contributed by atoms with E-state index in [1.165, 1.54) is 28.0 Å². The lowest BCUT2D eigenvalue weighted by atomic mass is 9.94. The standard InChI is InChI=1S/C17H27NS2/c1-10-6-11(2)15(12(3)7-10)8-16(18)17-9-19-13(4)14(5)20-17/h6-7,13-14,16-17H,8-9,18H2,1-5H3. The monoisotopic (exact) mass is 309 g/mol. The molecule has 1 aliphatic heterocycles. The number of nitrogens with two attached hydrogens (primary N) is 1. The van der Waals surface area contributed by atoms with E-state index in [0.717, 1.165) is 11.7 Å². The zero-order valence-corrected chi connectivity index (χ0v) is 14.9. The number of hydrogen-bond acceptors (Lipinski definition) is 3. The Bertz CT molecular complexity index is 449. The van der Waals surface area contributed by atoms with E-state index in [1.54, 1.807) is 0 Å². The van der Waals surface area contributed by atoms with Gasteiger partial charge in [0.1, 0.15) is 0 Å². The summed E-state index contributed by atoms with van der Waals surface area (Å²) < 4.78 is 0. The number of aryl methyl sites for hydroxylation is 3. The number of hydrogen-bond donors (Lipinski definition) is 1. The van der Waals surface area contributed by atoms with E-state index in [4.69, 9.17) is 5.73 Å². The van der Waals surface area contributed by atoms with Crippen molar-refractivity contribution in [2.75, 3.05) is 5.75 Å². The molecule has 0 aromatic heterocycles. The zero-order valence-electron chi connectivity index (χ0n) is 13.3. The molecule has 0 amide bonds. The fraction of sp³-hybridized carbons (Fsp3) is 0.647. The van der Waals surface area contributed by atoms with Gasteiger partial charge in [0, 0.05) is 27.5 Å². The highest BCUT2D eigenvalue weighted by Crippen LogP contribution is 2.37. The Balaban J connectivity index is 2.07. The van der Waals surface area contributed by atoms with E-state index in [0.29, 0.717) is 10.5 Å². The predicted molar refractivity (Wildman–Crippen MR) is 95.1 cm³/mol. The first kappa shape index (κ1) is 16.3. The van der Waals surface area contributed by atoms with Gasteiger partial charge < -0.3 is 5.73 Å². The third-order valence-corrected chi connectivity index (χ3v) is 7.90. The van der Waals surface area contributed by atoms with Gasteiger partial charge in [0.25, 0.3) is 0 Å². The van der Waals surface area contributed by atoms with Gasteiger partial charge in [0.15, 0.2) is 0 Å². The minimum absolute atomic E-state index is 0.266. The van der Waals surface area contributed by atoms with Gasteiger partial charge in [-0.25, -0.2) is 0 Å². The summed E-state index contributed by atoms with van der Waals surface area (Å²) in [7, 11) is 0. The SMILES string of the molecule is Cc1cc(C)c(CC(N)C2CSC(C)C(C)S2)c(C)c1. The molecule has 3 heteroatoms. The predicted octanol–water partition coefficient (Wildman–Crippen LogP) is 4.11. The first-order valence-electron chi connectivity index (χ1n) is 7.48. The van der Waals surface area contributed by atoms with Crippen LogP contribution >= 0.6 is 23.5 Å². The average molecular weight is 310 g/mol. The maximum atomic E-state index is 6.53. The van der Waals surface area contributed by atoms with Crippen LogP contribution in [0.2, 0.25) is 0 Å². The Labute approximate surface area is 132 Å². The lowest BCUT2D eigenvalue weighted by Crippen LogP contribution is -2.41. The molecular weight excluding hydrogens is 282 g/mol. The Morgan fingerprint density at radius 3 is 2.30 bits per heavy atom. The summed E-state index contributed by atoms with van der Waals surface area (Å²) >= 11 is 4.17. The maximum Gasteiger partial charge on any atom is 0.0295 e. The third-order valence-electron chi connectivity index (χ3n) is 4.33. The van der Waals surface area contributed by atoms with Crippen molar-refractivity contribution >= 4 is 23.5 Å². The van der Waals surface area contributed by atoms with Gasteiger partial charge in [-0.15, -0.1) is 0 Å². The molecule has 0 radical (unpaired) electrons. The minimum Gasteiger partial charge on any atom is -0.326 e. The van der Waals surface area contributed by atoms with E-state index in [9.17, 15) is 0 Å². The van der Waals surface area contributed by atoms with E-state index >= 15 is 0 Å². The summed E-state index contributed by atoms with van der Waals surface area (Å²) in [5.74, 6) is 1.20. The second-order valence-electron chi connectivity index (χ2n) is 6.16. The molecule has 1 aromatic carbocycles. The van der Waals surface area contributed by atoms with Crippen molar-refractivity contribution in [1.29, 1.82) is 0 Å². The minimum atomic E-state index is 0.266. The Morgan fingerprint density at radius 1 is 1.15 bits per heavy atom. The third kappa shape index (κ3) is 3.75. The lowest BCUT2D eigenvalue weighted by Gasteiger charge is -2.34. The Hall–Kier alpha value is -0.120. The first-order chi connectivity index (χ1) is 9.38. The highest BCUT2D eigenvalue weighted by Gasteiger charge is 2.29. The summed E-state index contributed by atoms with van der Waals surface area (Å²) in [4.78, 5) is 0. The zero-order chi connectivity index (χ0) is 14.9.